The Morgan fingerprint density at radius 1 is 1.41 bits per heavy atom. The lowest BCUT2D eigenvalue weighted by atomic mass is 10.2. The summed E-state index contributed by atoms with van der Waals surface area (Å²) in [6.45, 7) is 3.93. The Labute approximate surface area is 98.5 Å². The molecule has 17 heavy (non-hydrogen) atoms. The second-order valence-corrected chi connectivity index (χ2v) is 3.63. The molecule has 0 aliphatic heterocycles. The monoisotopic (exact) mass is 231 g/mol. The number of nitrogens with one attached hydrogen (secondary N) is 1. The lowest BCUT2D eigenvalue weighted by molar-refractivity contribution is 0.468. The summed E-state index contributed by atoms with van der Waals surface area (Å²) >= 11 is 0. The van der Waals surface area contributed by atoms with Gasteiger partial charge < -0.3 is 4.74 Å². The molecule has 2 heterocycles. The molecule has 0 spiro atoms. The fraction of sp³-hybridized carbons (Fsp3) is 0.250. The molecule has 2 rings (SSSR count). The van der Waals surface area contributed by atoms with Crippen molar-refractivity contribution in [3.8, 4) is 11.5 Å². The highest BCUT2D eigenvalue weighted by atomic mass is 16.5. The Hall–Kier alpha value is -2.17. The maximum Gasteiger partial charge on any atom is 0.267 e. The molecule has 88 valence electrons. The molecule has 1 N–H and O–H groups in total. The molecule has 0 amide bonds. The highest BCUT2D eigenvalue weighted by Crippen LogP contribution is 2.23. The number of aromatic amines is 1. The topological polar surface area (TPSA) is 67.9 Å². The van der Waals surface area contributed by atoms with Crippen molar-refractivity contribution in [2.45, 2.75) is 20.3 Å². The Kier molecular flexibility index (Phi) is 3.18. The number of aryl methyl sites for hydroxylation is 2. The highest BCUT2D eigenvalue weighted by Gasteiger charge is 2.05. The average molecular weight is 231 g/mol. The molecule has 0 fully saturated rings. The molecule has 0 saturated heterocycles. The number of ether oxygens (including phenoxy) is 1. The average Bonchev–Trinajstić information content (AvgIpc) is 2.31. The summed E-state index contributed by atoms with van der Waals surface area (Å²) in [5.74, 6) is 1.07. The van der Waals surface area contributed by atoms with Gasteiger partial charge in [0, 0.05) is 11.8 Å². The number of nitrogens with zero attached hydrogens (tertiary/aromatic N) is 2. The number of hydrogen-bond acceptors (Lipinski definition) is 4. The maximum atomic E-state index is 11.1. The quantitative estimate of drug-likeness (QED) is 0.875. The SMILES string of the molecule is CCc1nc(C)ccc1Oc1cn[nH]c(=O)c1. The zero-order chi connectivity index (χ0) is 12.3. The van der Waals surface area contributed by atoms with Gasteiger partial charge in [-0.25, -0.2) is 5.10 Å². The Morgan fingerprint density at radius 3 is 2.94 bits per heavy atom. The molecule has 5 heteroatoms. The van der Waals surface area contributed by atoms with Crippen LogP contribution in [0.25, 0.3) is 0 Å². The minimum Gasteiger partial charge on any atom is -0.454 e. The third-order valence-electron chi connectivity index (χ3n) is 2.27. The number of hydrogen-bond donors (Lipinski definition) is 1. The van der Waals surface area contributed by atoms with Crippen LogP contribution < -0.4 is 10.3 Å². The lowest BCUT2D eigenvalue weighted by Gasteiger charge is -2.09. The zero-order valence-electron chi connectivity index (χ0n) is 9.73. The third kappa shape index (κ3) is 2.69. The summed E-state index contributed by atoms with van der Waals surface area (Å²) in [5.41, 5.74) is 1.52. The molecular formula is C12H13N3O2. The van der Waals surface area contributed by atoms with Crippen LogP contribution in [0.2, 0.25) is 0 Å². The van der Waals surface area contributed by atoms with Gasteiger partial charge in [-0.3, -0.25) is 9.78 Å². The van der Waals surface area contributed by atoms with Crippen LogP contribution in [0.4, 0.5) is 0 Å². The fourth-order valence-corrected chi connectivity index (χ4v) is 1.48. The van der Waals surface area contributed by atoms with Gasteiger partial charge in [0.2, 0.25) is 0 Å². The van der Waals surface area contributed by atoms with Crippen LogP contribution in [0.5, 0.6) is 11.5 Å². The van der Waals surface area contributed by atoms with Gasteiger partial charge in [0.15, 0.2) is 5.75 Å². The standard InChI is InChI=1S/C12H13N3O2/c1-3-10-11(5-4-8(2)14-10)17-9-6-12(16)15-13-7-9/h4-7H,3H2,1-2H3,(H,15,16). The first-order valence-electron chi connectivity index (χ1n) is 5.38. The second-order valence-electron chi connectivity index (χ2n) is 3.63. The van der Waals surface area contributed by atoms with Crippen molar-refractivity contribution in [1.29, 1.82) is 0 Å². The zero-order valence-corrected chi connectivity index (χ0v) is 9.73. The molecule has 0 unspecified atom stereocenters. The van der Waals surface area contributed by atoms with Crippen LogP contribution in [0.15, 0.2) is 29.2 Å². The van der Waals surface area contributed by atoms with E-state index in [-0.39, 0.29) is 5.56 Å². The van der Waals surface area contributed by atoms with Gasteiger partial charge in [0.25, 0.3) is 5.56 Å². The van der Waals surface area contributed by atoms with Gasteiger partial charge in [0.1, 0.15) is 5.75 Å². The van der Waals surface area contributed by atoms with Gasteiger partial charge in [-0.05, 0) is 25.5 Å². The van der Waals surface area contributed by atoms with Crippen LogP contribution in [0.1, 0.15) is 18.3 Å². The van der Waals surface area contributed by atoms with Crippen molar-refractivity contribution in [3.63, 3.8) is 0 Å². The van der Waals surface area contributed by atoms with Crippen LogP contribution in [0.3, 0.4) is 0 Å². The van der Waals surface area contributed by atoms with E-state index < -0.39 is 0 Å². The first-order chi connectivity index (χ1) is 8.19. The van der Waals surface area contributed by atoms with E-state index in [1.54, 1.807) is 0 Å². The van der Waals surface area contributed by atoms with Crippen LogP contribution >= 0.6 is 0 Å². The largest absolute Gasteiger partial charge is 0.454 e. The number of pyridine rings is 1. The predicted molar refractivity (Wildman–Crippen MR) is 63.3 cm³/mol. The summed E-state index contributed by atoms with van der Waals surface area (Å²) in [4.78, 5) is 15.5. The molecule has 0 saturated carbocycles. The first-order valence-corrected chi connectivity index (χ1v) is 5.38. The van der Waals surface area contributed by atoms with Gasteiger partial charge >= 0.3 is 0 Å². The Bertz CT molecular complexity index is 578. The van der Waals surface area contributed by atoms with Crippen molar-refractivity contribution in [3.05, 3.63) is 46.1 Å². The minimum absolute atomic E-state index is 0.291. The summed E-state index contributed by atoms with van der Waals surface area (Å²) in [6, 6.07) is 5.07. The van der Waals surface area contributed by atoms with Gasteiger partial charge in [-0.2, -0.15) is 5.10 Å². The molecule has 0 atom stereocenters. The third-order valence-corrected chi connectivity index (χ3v) is 2.27. The summed E-state index contributed by atoms with van der Waals surface area (Å²) in [5, 5.41) is 5.96. The molecule has 5 nitrogen and oxygen atoms in total. The van der Waals surface area contributed by atoms with Gasteiger partial charge in [0.05, 0.1) is 11.9 Å². The predicted octanol–water partition coefficient (Wildman–Crippen LogP) is 1.83. The van der Waals surface area contributed by atoms with E-state index in [4.69, 9.17) is 4.74 Å². The number of H-pyrrole nitrogens is 1. The second kappa shape index (κ2) is 4.78. The summed E-state index contributed by atoms with van der Waals surface area (Å²) < 4.78 is 5.59. The summed E-state index contributed by atoms with van der Waals surface area (Å²) in [7, 11) is 0. The van der Waals surface area contributed by atoms with E-state index in [2.05, 4.69) is 15.2 Å². The van der Waals surface area contributed by atoms with Gasteiger partial charge in [-0.15, -0.1) is 0 Å². The summed E-state index contributed by atoms with van der Waals surface area (Å²) in [6.07, 6.45) is 2.23. The van der Waals surface area contributed by atoms with Crippen molar-refractivity contribution in [2.24, 2.45) is 0 Å². The fourth-order valence-electron chi connectivity index (χ4n) is 1.48. The van der Waals surface area contributed by atoms with Crippen molar-refractivity contribution < 1.29 is 4.74 Å². The molecule has 0 aliphatic carbocycles. The van der Waals surface area contributed by atoms with Gasteiger partial charge in [-0.1, -0.05) is 6.92 Å². The Morgan fingerprint density at radius 2 is 2.24 bits per heavy atom. The molecule has 0 aromatic carbocycles. The van der Waals surface area contributed by atoms with E-state index in [1.807, 2.05) is 26.0 Å². The molecular weight excluding hydrogens is 218 g/mol. The van der Waals surface area contributed by atoms with Crippen molar-refractivity contribution in [2.75, 3.05) is 0 Å². The normalized spacial score (nSPS) is 10.2. The molecule has 0 aliphatic rings. The Balaban J connectivity index is 2.33. The van der Waals surface area contributed by atoms with Crippen molar-refractivity contribution in [1.82, 2.24) is 15.2 Å². The number of aromatic nitrogens is 3. The van der Waals surface area contributed by atoms with Crippen LogP contribution in [0, 0.1) is 6.92 Å². The highest BCUT2D eigenvalue weighted by molar-refractivity contribution is 5.33. The van der Waals surface area contributed by atoms with E-state index in [0.717, 1.165) is 17.8 Å². The van der Waals surface area contributed by atoms with Crippen LogP contribution in [-0.2, 0) is 6.42 Å². The van der Waals surface area contributed by atoms with Crippen LogP contribution in [-0.4, -0.2) is 15.2 Å². The number of rotatable bonds is 3. The van der Waals surface area contributed by atoms with E-state index in [1.165, 1.54) is 12.3 Å². The smallest absolute Gasteiger partial charge is 0.267 e. The molecule has 2 aromatic heterocycles. The maximum absolute atomic E-state index is 11.1. The molecule has 0 radical (unpaired) electrons. The van der Waals surface area contributed by atoms with E-state index in [9.17, 15) is 4.79 Å². The first kappa shape index (κ1) is 11.3. The van der Waals surface area contributed by atoms with E-state index in [0.29, 0.717) is 11.5 Å². The molecule has 0 bridgehead atoms. The van der Waals surface area contributed by atoms with E-state index >= 15 is 0 Å². The lowest BCUT2D eigenvalue weighted by Crippen LogP contribution is -2.06. The minimum atomic E-state index is -0.291. The van der Waals surface area contributed by atoms with Crippen molar-refractivity contribution >= 4 is 0 Å². The molecule has 2 aromatic rings.